The molecule has 0 aromatic carbocycles. The predicted octanol–water partition coefficient (Wildman–Crippen LogP) is 2.57. The van der Waals surface area contributed by atoms with Crippen molar-refractivity contribution in [2.24, 2.45) is 0 Å². The van der Waals surface area contributed by atoms with Gasteiger partial charge >= 0.3 is 0 Å². The topological polar surface area (TPSA) is 16.4 Å². The lowest BCUT2D eigenvalue weighted by atomic mass is 10.4. The normalized spacial score (nSPS) is 18.2. The molecule has 0 bridgehead atoms. The van der Waals surface area contributed by atoms with E-state index in [-0.39, 0.29) is 0 Å². The van der Waals surface area contributed by atoms with Crippen LogP contribution < -0.4 is 0 Å². The van der Waals surface area contributed by atoms with E-state index in [0.29, 0.717) is 5.75 Å². The van der Waals surface area contributed by atoms with Crippen LogP contribution in [0.5, 0.6) is 0 Å². The molecule has 1 aromatic rings. The average molecular weight is 196 g/mol. The van der Waals surface area contributed by atoms with Crippen LogP contribution in [-0.4, -0.2) is 18.0 Å². The fourth-order valence-corrected chi connectivity index (χ4v) is 1.90. The molecule has 0 unspecified atom stereocenters. The molecule has 0 N–H and O–H groups in total. The summed E-state index contributed by atoms with van der Waals surface area (Å²) in [5.74, 6) is 2.56. The Balaban J connectivity index is 1.92. The smallest absolute Gasteiger partial charge is 0.118 e. The van der Waals surface area contributed by atoms with Crippen LogP contribution in [0.3, 0.4) is 0 Å². The second-order valence-electron chi connectivity index (χ2n) is 3.50. The second-order valence-corrected chi connectivity index (χ2v) is 3.78. The van der Waals surface area contributed by atoms with E-state index in [1.165, 1.54) is 25.9 Å². The molecule has 1 aromatic heterocycles. The van der Waals surface area contributed by atoms with Crippen LogP contribution in [0, 0.1) is 0 Å². The first kappa shape index (κ1) is 9.16. The van der Waals surface area contributed by atoms with Gasteiger partial charge in [-0.15, -0.1) is 0 Å². The largest absolute Gasteiger partial charge is 0.464 e. The van der Waals surface area contributed by atoms with Gasteiger partial charge in [0.2, 0.25) is 0 Å². The first-order valence-electron chi connectivity index (χ1n) is 4.76. The van der Waals surface area contributed by atoms with E-state index in [1.807, 2.05) is 12.1 Å². The maximum absolute atomic E-state index is 5.55. The monoisotopic (exact) mass is 196 g/mol. The first-order chi connectivity index (χ1) is 6.38. The van der Waals surface area contributed by atoms with Gasteiger partial charge < -0.3 is 4.42 Å². The van der Waals surface area contributed by atoms with Gasteiger partial charge in [-0.2, -0.15) is 0 Å². The molecule has 13 heavy (non-hydrogen) atoms. The van der Waals surface area contributed by atoms with Crippen LogP contribution in [0.15, 0.2) is 16.5 Å². The fourth-order valence-electron chi connectivity index (χ4n) is 1.75. The summed E-state index contributed by atoms with van der Waals surface area (Å²) in [5, 5.41) is 0. The van der Waals surface area contributed by atoms with E-state index >= 15 is 0 Å². The summed E-state index contributed by atoms with van der Waals surface area (Å²) in [6.45, 7) is 3.38. The van der Waals surface area contributed by atoms with Gasteiger partial charge in [0, 0.05) is 0 Å². The summed E-state index contributed by atoms with van der Waals surface area (Å²) in [6.07, 6.45) is 2.66. The molecule has 0 atom stereocenters. The van der Waals surface area contributed by atoms with Crippen LogP contribution in [0.2, 0.25) is 0 Å². The molecule has 1 aliphatic heterocycles. The van der Waals surface area contributed by atoms with Gasteiger partial charge in [-0.25, -0.2) is 0 Å². The van der Waals surface area contributed by atoms with Crippen molar-refractivity contribution in [1.29, 1.82) is 0 Å². The highest BCUT2D eigenvalue weighted by atomic mass is 32.1. The lowest BCUT2D eigenvalue weighted by molar-refractivity contribution is 0.294. The van der Waals surface area contributed by atoms with Crippen LogP contribution in [0.1, 0.15) is 24.4 Å². The second kappa shape index (κ2) is 4.20. The molecule has 0 amide bonds. The minimum absolute atomic E-state index is 0.583. The molecular formula is C10H14NOS. The fraction of sp³-hybridized carbons (Fsp3) is 0.600. The highest BCUT2D eigenvalue weighted by Crippen LogP contribution is 2.15. The Labute approximate surface area is 84.3 Å². The third kappa shape index (κ3) is 2.29. The van der Waals surface area contributed by atoms with E-state index < -0.39 is 0 Å². The lowest BCUT2D eigenvalue weighted by Gasteiger charge is -2.11. The number of hydrogen-bond donors (Lipinski definition) is 0. The van der Waals surface area contributed by atoms with E-state index in [9.17, 15) is 0 Å². The highest BCUT2D eigenvalue weighted by molar-refractivity contribution is 7.79. The molecule has 71 valence electrons. The Morgan fingerprint density at radius 3 is 2.54 bits per heavy atom. The van der Waals surface area contributed by atoms with Gasteiger partial charge in [0.1, 0.15) is 11.5 Å². The molecule has 0 spiro atoms. The molecule has 2 nitrogen and oxygen atoms in total. The third-order valence-electron chi connectivity index (χ3n) is 2.44. The number of nitrogens with zero attached hydrogens (tertiary/aromatic N) is 1. The zero-order valence-corrected chi connectivity index (χ0v) is 8.48. The number of rotatable bonds is 3. The van der Waals surface area contributed by atoms with Crippen molar-refractivity contribution < 1.29 is 4.42 Å². The molecule has 3 heteroatoms. The van der Waals surface area contributed by atoms with Gasteiger partial charge in [0.15, 0.2) is 0 Å². The SMILES string of the molecule is [S]Cc1ccc(CN2CCCC2)o1. The maximum atomic E-state index is 5.55. The Morgan fingerprint density at radius 1 is 1.23 bits per heavy atom. The number of hydrogen-bond acceptors (Lipinski definition) is 2. The molecule has 1 radical (unpaired) electrons. The van der Waals surface area contributed by atoms with Crippen molar-refractivity contribution in [1.82, 2.24) is 4.90 Å². The van der Waals surface area contributed by atoms with Crippen molar-refractivity contribution in [2.45, 2.75) is 25.1 Å². The van der Waals surface area contributed by atoms with Crippen molar-refractivity contribution in [2.75, 3.05) is 13.1 Å². The zero-order valence-electron chi connectivity index (χ0n) is 7.66. The van der Waals surface area contributed by atoms with Gasteiger partial charge in [-0.05, 0) is 38.1 Å². The molecule has 1 fully saturated rings. The minimum atomic E-state index is 0.583. The summed E-state index contributed by atoms with van der Waals surface area (Å²) >= 11 is 4.91. The van der Waals surface area contributed by atoms with Crippen molar-refractivity contribution >= 4 is 12.6 Å². The summed E-state index contributed by atoms with van der Waals surface area (Å²) in [4.78, 5) is 2.42. The first-order valence-corrected chi connectivity index (χ1v) is 5.34. The van der Waals surface area contributed by atoms with Crippen LogP contribution >= 0.6 is 12.6 Å². The van der Waals surface area contributed by atoms with Crippen LogP contribution in [-0.2, 0) is 12.3 Å². The van der Waals surface area contributed by atoms with Crippen LogP contribution in [0.25, 0.3) is 0 Å². The van der Waals surface area contributed by atoms with Crippen molar-refractivity contribution in [3.05, 3.63) is 23.7 Å². The van der Waals surface area contributed by atoms with Gasteiger partial charge in [-0.3, -0.25) is 4.90 Å². The Kier molecular flexibility index (Phi) is 2.96. The Hall–Kier alpha value is -0.410. The summed E-state index contributed by atoms with van der Waals surface area (Å²) < 4.78 is 5.55. The standard InChI is InChI=1S/C10H14NOS/c13-8-10-4-3-9(12-10)7-11-5-1-2-6-11/h3-4H,1-2,5-8H2. The van der Waals surface area contributed by atoms with E-state index in [2.05, 4.69) is 4.90 Å². The lowest BCUT2D eigenvalue weighted by Crippen LogP contribution is -2.17. The Morgan fingerprint density at radius 2 is 1.92 bits per heavy atom. The number of likely N-dealkylation sites (tertiary alicyclic amines) is 1. The van der Waals surface area contributed by atoms with Gasteiger partial charge in [0.25, 0.3) is 0 Å². The van der Waals surface area contributed by atoms with E-state index in [0.717, 1.165) is 18.1 Å². The van der Waals surface area contributed by atoms with Crippen molar-refractivity contribution in [3.63, 3.8) is 0 Å². The third-order valence-corrected chi connectivity index (χ3v) is 2.72. The molecule has 1 aliphatic rings. The molecule has 0 saturated carbocycles. The summed E-state index contributed by atoms with van der Waals surface area (Å²) in [7, 11) is 0. The molecule has 2 rings (SSSR count). The predicted molar refractivity (Wildman–Crippen MR) is 54.5 cm³/mol. The average Bonchev–Trinajstić information content (AvgIpc) is 2.76. The number of furan rings is 1. The van der Waals surface area contributed by atoms with E-state index in [1.54, 1.807) is 0 Å². The minimum Gasteiger partial charge on any atom is -0.464 e. The molecular weight excluding hydrogens is 182 g/mol. The van der Waals surface area contributed by atoms with Gasteiger partial charge in [-0.1, -0.05) is 12.6 Å². The van der Waals surface area contributed by atoms with Gasteiger partial charge in [0.05, 0.1) is 12.3 Å². The quantitative estimate of drug-likeness (QED) is 0.738. The maximum Gasteiger partial charge on any atom is 0.118 e. The Bertz CT molecular complexity index is 266. The summed E-state index contributed by atoms with van der Waals surface area (Å²) in [5.41, 5.74) is 0. The molecule has 2 heterocycles. The highest BCUT2D eigenvalue weighted by Gasteiger charge is 2.13. The van der Waals surface area contributed by atoms with Crippen molar-refractivity contribution in [3.8, 4) is 0 Å². The van der Waals surface area contributed by atoms with E-state index in [4.69, 9.17) is 17.0 Å². The van der Waals surface area contributed by atoms with Crippen LogP contribution in [0.4, 0.5) is 0 Å². The zero-order chi connectivity index (χ0) is 9.10. The molecule has 0 aliphatic carbocycles. The molecule has 1 saturated heterocycles. The summed E-state index contributed by atoms with van der Waals surface area (Å²) in [6, 6.07) is 4.03.